The summed E-state index contributed by atoms with van der Waals surface area (Å²) < 4.78 is 14.3. The van der Waals surface area contributed by atoms with E-state index < -0.39 is 0 Å². The van der Waals surface area contributed by atoms with Gasteiger partial charge in [0.2, 0.25) is 0 Å². The van der Waals surface area contributed by atoms with Crippen LogP contribution >= 0.6 is 15.9 Å². The fraction of sp³-hybridized carbons (Fsp3) is 0.455. The monoisotopic (exact) mass is 259 g/mol. The van der Waals surface area contributed by atoms with Crippen molar-refractivity contribution in [3.8, 4) is 0 Å². The average molecular weight is 260 g/mol. The van der Waals surface area contributed by atoms with Crippen LogP contribution in [0.1, 0.15) is 24.8 Å². The van der Waals surface area contributed by atoms with Crippen LogP contribution in [-0.4, -0.2) is 13.6 Å². The molecule has 0 aliphatic rings. The summed E-state index contributed by atoms with van der Waals surface area (Å²) >= 11 is 3.35. The van der Waals surface area contributed by atoms with E-state index >= 15 is 0 Å². The fourth-order valence-electron chi connectivity index (χ4n) is 1.41. The zero-order valence-corrected chi connectivity index (χ0v) is 10.1. The maximum Gasteiger partial charge on any atom is 0.126 e. The van der Waals surface area contributed by atoms with Crippen molar-refractivity contribution in [2.24, 2.45) is 0 Å². The molecule has 1 aromatic carbocycles. The van der Waals surface area contributed by atoms with E-state index in [1.807, 2.05) is 20.0 Å². The molecule has 14 heavy (non-hydrogen) atoms. The van der Waals surface area contributed by atoms with E-state index in [2.05, 4.69) is 21.2 Å². The summed E-state index contributed by atoms with van der Waals surface area (Å²) in [5.74, 6) is 0.136. The standard InChI is InChI=1S/C11H15BrFN/c1-8(5-6-14-2)10-7-9(12)3-4-11(10)13/h3-4,7-8,14H,5-6H2,1-2H3. The Balaban J connectivity index is 2.77. The van der Waals surface area contributed by atoms with Gasteiger partial charge in [-0.3, -0.25) is 0 Å². The van der Waals surface area contributed by atoms with Crippen molar-refractivity contribution in [2.45, 2.75) is 19.3 Å². The van der Waals surface area contributed by atoms with Gasteiger partial charge in [-0.1, -0.05) is 22.9 Å². The Kier molecular flexibility index (Phi) is 4.55. The van der Waals surface area contributed by atoms with Gasteiger partial charge in [-0.05, 0) is 49.7 Å². The van der Waals surface area contributed by atoms with Gasteiger partial charge in [-0.15, -0.1) is 0 Å². The SMILES string of the molecule is CNCCC(C)c1cc(Br)ccc1F. The minimum absolute atomic E-state index is 0.114. The first-order chi connectivity index (χ1) is 6.65. The number of benzene rings is 1. The predicted octanol–water partition coefficient (Wildman–Crippen LogP) is 3.30. The van der Waals surface area contributed by atoms with Crippen LogP contribution in [0.25, 0.3) is 0 Å². The van der Waals surface area contributed by atoms with E-state index in [1.54, 1.807) is 6.07 Å². The first kappa shape index (κ1) is 11.7. The Bertz CT molecular complexity index is 301. The summed E-state index contributed by atoms with van der Waals surface area (Å²) in [4.78, 5) is 0. The molecule has 0 aliphatic heterocycles. The fourth-order valence-corrected chi connectivity index (χ4v) is 1.79. The van der Waals surface area contributed by atoms with Crippen molar-refractivity contribution in [2.75, 3.05) is 13.6 Å². The van der Waals surface area contributed by atoms with Crippen molar-refractivity contribution >= 4 is 15.9 Å². The average Bonchev–Trinajstić information content (AvgIpc) is 2.18. The first-order valence-electron chi connectivity index (χ1n) is 4.74. The van der Waals surface area contributed by atoms with Crippen molar-refractivity contribution in [3.05, 3.63) is 34.1 Å². The Hall–Kier alpha value is -0.410. The molecular weight excluding hydrogens is 245 g/mol. The molecule has 0 aliphatic carbocycles. The van der Waals surface area contributed by atoms with Gasteiger partial charge in [-0.25, -0.2) is 4.39 Å². The Morgan fingerprint density at radius 1 is 1.50 bits per heavy atom. The molecule has 1 N–H and O–H groups in total. The molecular formula is C11H15BrFN. The molecule has 1 rings (SSSR count). The summed E-state index contributed by atoms with van der Waals surface area (Å²) in [5.41, 5.74) is 0.787. The van der Waals surface area contributed by atoms with Gasteiger partial charge >= 0.3 is 0 Å². The first-order valence-corrected chi connectivity index (χ1v) is 5.54. The Morgan fingerprint density at radius 2 is 2.21 bits per heavy atom. The third-order valence-electron chi connectivity index (χ3n) is 2.32. The molecule has 78 valence electrons. The molecule has 0 amide bonds. The number of halogens is 2. The maximum absolute atomic E-state index is 13.4. The van der Waals surface area contributed by atoms with Crippen molar-refractivity contribution in [1.29, 1.82) is 0 Å². The quantitative estimate of drug-likeness (QED) is 0.875. The molecule has 0 spiro atoms. The predicted molar refractivity (Wildman–Crippen MR) is 61.1 cm³/mol. The molecule has 1 nitrogen and oxygen atoms in total. The number of rotatable bonds is 4. The third kappa shape index (κ3) is 3.07. The lowest BCUT2D eigenvalue weighted by atomic mass is 9.97. The van der Waals surface area contributed by atoms with Gasteiger partial charge in [0.1, 0.15) is 5.82 Å². The summed E-state index contributed by atoms with van der Waals surface area (Å²) in [6.45, 7) is 2.95. The normalized spacial score (nSPS) is 12.9. The minimum Gasteiger partial charge on any atom is -0.320 e. The zero-order chi connectivity index (χ0) is 10.6. The molecule has 0 aromatic heterocycles. The van der Waals surface area contributed by atoms with E-state index in [0.29, 0.717) is 0 Å². The molecule has 0 bridgehead atoms. The van der Waals surface area contributed by atoms with Crippen LogP contribution in [0.2, 0.25) is 0 Å². The largest absolute Gasteiger partial charge is 0.320 e. The highest BCUT2D eigenvalue weighted by molar-refractivity contribution is 9.10. The van der Waals surface area contributed by atoms with E-state index in [1.165, 1.54) is 6.07 Å². The summed E-state index contributed by atoms with van der Waals surface area (Å²) in [6.07, 6.45) is 0.948. The van der Waals surface area contributed by atoms with Gasteiger partial charge in [0.15, 0.2) is 0 Å². The van der Waals surface area contributed by atoms with Gasteiger partial charge < -0.3 is 5.32 Å². The Morgan fingerprint density at radius 3 is 2.86 bits per heavy atom. The summed E-state index contributed by atoms with van der Waals surface area (Å²) in [5, 5.41) is 3.07. The second kappa shape index (κ2) is 5.47. The van der Waals surface area contributed by atoms with Crippen LogP contribution < -0.4 is 5.32 Å². The van der Waals surface area contributed by atoms with Gasteiger partial charge in [0, 0.05) is 4.47 Å². The van der Waals surface area contributed by atoms with E-state index in [0.717, 1.165) is 23.0 Å². The maximum atomic E-state index is 13.4. The van der Waals surface area contributed by atoms with Crippen LogP contribution in [0.15, 0.2) is 22.7 Å². The molecule has 3 heteroatoms. The van der Waals surface area contributed by atoms with Gasteiger partial charge in [-0.2, -0.15) is 0 Å². The molecule has 0 saturated carbocycles. The lowest BCUT2D eigenvalue weighted by molar-refractivity contribution is 0.565. The topological polar surface area (TPSA) is 12.0 Å². The number of nitrogens with one attached hydrogen (secondary N) is 1. The number of hydrogen-bond donors (Lipinski definition) is 1. The lowest BCUT2D eigenvalue weighted by Gasteiger charge is -2.12. The third-order valence-corrected chi connectivity index (χ3v) is 2.81. The second-order valence-electron chi connectivity index (χ2n) is 3.46. The summed E-state index contributed by atoms with van der Waals surface area (Å²) in [6, 6.07) is 5.09. The van der Waals surface area contributed by atoms with Crippen LogP contribution in [0.3, 0.4) is 0 Å². The molecule has 0 radical (unpaired) electrons. The van der Waals surface area contributed by atoms with E-state index in [9.17, 15) is 4.39 Å². The molecule has 1 unspecified atom stereocenters. The van der Waals surface area contributed by atoms with Crippen molar-refractivity contribution in [1.82, 2.24) is 5.32 Å². The highest BCUT2D eigenvalue weighted by Crippen LogP contribution is 2.24. The van der Waals surface area contributed by atoms with Crippen molar-refractivity contribution in [3.63, 3.8) is 0 Å². The smallest absolute Gasteiger partial charge is 0.126 e. The molecule has 0 heterocycles. The minimum atomic E-state index is -0.114. The van der Waals surface area contributed by atoms with E-state index in [4.69, 9.17) is 0 Å². The van der Waals surface area contributed by atoms with Gasteiger partial charge in [0.05, 0.1) is 0 Å². The number of hydrogen-bond acceptors (Lipinski definition) is 1. The van der Waals surface area contributed by atoms with Crippen LogP contribution in [-0.2, 0) is 0 Å². The van der Waals surface area contributed by atoms with E-state index in [-0.39, 0.29) is 11.7 Å². The Labute approximate surface area is 92.8 Å². The zero-order valence-electron chi connectivity index (χ0n) is 8.48. The molecule has 1 atom stereocenters. The van der Waals surface area contributed by atoms with Gasteiger partial charge in [0.25, 0.3) is 0 Å². The molecule has 1 aromatic rings. The molecule has 0 fully saturated rings. The van der Waals surface area contributed by atoms with Crippen LogP contribution in [0.5, 0.6) is 0 Å². The lowest BCUT2D eigenvalue weighted by Crippen LogP contribution is -2.11. The van der Waals surface area contributed by atoms with Crippen LogP contribution in [0.4, 0.5) is 4.39 Å². The second-order valence-corrected chi connectivity index (χ2v) is 4.37. The van der Waals surface area contributed by atoms with Crippen LogP contribution in [0, 0.1) is 5.82 Å². The highest BCUT2D eigenvalue weighted by atomic mass is 79.9. The highest BCUT2D eigenvalue weighted by Gasteiger charge is 2.10. The van der Waals surface area contributed by atoms with Crippen molar-refractivity contribution < 1.29 is 4.39 Å². The summed E-state index contributed by atoms with van der Waals surface area (Å²) in [7, 11) is 1.91. The molecule has 0 saturated heterocycles.